The van der Waals surface area contributed by atoms with Crippen molar-refractivity contribution in [2.24, 2.45) is 0 Å². The second-order valence-electron chi connectivity index (χ2n) is 3.01. The average Bonchev–Trinajstić information content (AvgIpc) is 2.29. The third-order valence-corrected chi connectivity index (χ3v) is 1.92. The van der Waals surface area contributed by atoms with Crippen molar-refractivity contribution in [3.05, 3.63) is 42.1 Å². The van der Waals surface area contributed by atoms with Crippen LogP contribution in [0.2, 0.25) is 0 Å². The molecule has 0 bridgehead atoms. The monoisotopic (exact) mass is 199 g/mol. The van der Waals surface area contributed by atoms with Gasteiger partial charge in [-0.3, -0.25) is 4.79 Å². The summed E-state index contributed by atoms with van der Waals surface area (Å²) in [6, 6.07) is 10.5. The first-order valence-electron chi connectivity index (χ1n) is 4.45. The second kappa shape index (κ2) is 3.88. The van der Waals surface area contributed by atoms with E-state index in [9.17, 15) is 4.79 Å². The second-order valence-corrected chi connectivity index (χ2v) is 3.01. The standard InChI is InChI=1S/C11H9N3O/c12-11-6-2-5-10(14-11)9-4-1-3-8(7-15)13-9/h1-7H,(H2,12,14). The number of nitrogen functional groups attached to an aromatic ring is 1. The van der Waals surface area contributed by atoms with E-state index < -0.39 is 0 Å². The van der Waals surface area contributed by atoms with Gasteiger partial charge in [0.1, 0.15) is 11.5 Å². The number of carbonyl (C=O) groups excluding carboxylic acids is 1. The van der Waals surface area contributed by atoms with E-state index in [4.69, 9.17) is 5.73 Å². The molecule has 0 saturated carbocycles. The molecule has 2 rings (SSSR count). The normalized spacial score (nSPS) is 9.87. The highest BCUT2D eigenvalue weighted by Crippen LogP contribution is 2.15. The van der Waals surface area contributed by atoms with Gasteiger partial charge in [0.2, 0.25) is 0 Å². The third-order valence-electron chi connectivity index (χ3n) is 1.92. The number of carbonyl (C=O) groups is 1. The van der Waals surface area contributed by atoms with Crippen LogP contribution in [0.4, 0.5) is 5.82 Å². The van der Waals surface area contributed by atoms with Gasteiger partial charge in [0.05, 0.1) is 11.4 Å². The fourth-order valence-electron chi connectivity index (χ4n) is 1.25. The smallest absolute Gasteiger partial charge is 0.168 e. The van der Waals surface area contributed by atoms with E-state index in [2.05, 4.69) is 9.97 Å². The summed E-state index contributed by atoms with van der Waals surface area (Å²) in [5.74, 6) is 0.436. The fraction of sp³-hybridized carbons (Fsp3) is 0. The van der Waals surface area contributed by atoms with Crippen molar-refractivity contribution in [1.82, 2.24) is 9.97 Å². The zero-order chi connectivity index (χ0) is 10.7. The Morgan fingerprint density at radius 1 is 1.00 bits per heavy atom. The largest absolute Gasteiger partial charge is 0.384 e. The van der Waals surface area contributed by atoms with Crippen molar-refractivity contribution in [2.75, 3.05) is 5.73 Å². The van der Waals surface area contributed by atoms with E-state index in [1.807, 2.05) is 0 Å². The number of aromatic nitrogens is 2. The molecule has 0 aliphatic rings. The van der Waals surface area contributed by atoms with Gasteiger partial charge in [-0.1, -0.05) is 12.1 Å². The minimum atomic E-state index is 0.386. The van der Waals surface area contributed by atoms with E-state index in [0.29, 0.717) is 29.2 Å². The summed E-state index contributed by atoms with van der Waals surface area (Å²) in [4.78, 5) is 18.8. The number of nitrogens with two attached hydrogens (primary N) is 1. The predicted octanol–water partition coefficient (Wildman–Crippen LogP) is 1.54. The van der Waals surface area contributed by atoms with Crippen LogP contribution in [0.1, 0.15) is 10.5 Å². The Kier molecular flexibility index (Phi) is 2.41. The lowest BCUT2D eigenvalue weighted by atomic mass is 10.2. The molecule has 2 aromatic rings. The molecule has 0 spiro atoms. The van der Waals surface area contributed by atoms with Crippen LogP contribution in [-0.4, -0.2) is 16.3 Å². The van der Waals surface area contributed by atoms with Crippen LogP contribution in [-0.2, 0) is 0 Å². The maximum absolute atomic E-state index is 10.5. The molecule has 2 heterocycles. The lowest BCUT2D eigenvalue weighted by Crippen LogP contribution is -1.94. The van der Waals surface area contributed by atoms with Crippen LogP contribution in [0.15, 0.2) is 36.4 Å². The van der Waals surface area contributed by atoms with E-state index in [-0.39, 0.29) is 0 Å². The zero-order valence-electron chi connectivity index (χ0n) is 7.92. The molecule has 4 nitrogen and oxygen atoms in total. The molecule has 2 aromatic heterocycles. The summed E-state index contributed by atoms with van der Waals surface area (Å²) in [5, 5.41) is 0. The number of nitrogens with zero attached hydrogens (tertiary/aromatic N) is 2. The highest BCUT2D eigenvalue weighted by Gasteiger charge is 2.01. The van der Waals surface area contributed by atoms with E-state index in [1.165, 1.54) is 0 Å². The number of rotatable bonds is 2. The Morgan fingerprint density at radius 3 is 2.33 bits per heavy atom. The molecule has 0 amide bonds. The van der Waals surface area contributed by atoms with Gasteiger partial charge in [-0.15, -0.1) is 0 Å². The molecule has 15 heavy (non-hydrogen) atoms. The van der Waals surface area contributed by atoms with Gasteiger partial charge in [-0.05, 0) is 24.3 Å². The minimum Gasteiger partial charge on any atom is -0.384 e. The van der Waals surface area contributed by atoms with Gasteiger partial charge in [0.15, 0.2) is 6.29 Å². The predicted molar refractivity (Wildman–Crippen MR) is 57.3 cm³/mol. The first-order chi connectivity index (χ1) is 7.29. The summed E-state index contributed by atoms with van der Waals surface area (Å²) in [7, 11) is 0. The van der Waals surface area contributed by atoms with Gasteiger partial charge in [-0.25, -0.2) is 9.97 Å². The minimum absolute atomic E-state index is 0.386. The highest BCUT2D eigenvalue weighted by atomic mass is 16.1. The molecule has 0 aliphatic heterocycles. The van der Waals surface area contributed by atoms with Crippen molar-refractivity contribution in [2.45, 2.75) is 0 Å². The molecular formula is C11H9N3O. The summed E-state index contributed by atoms with van der Waals surface area (Å²) in [5.41, 5.74) is 7.25. The van der Waals surface area contributed by atoms with Crippen LogP contribution in [0.5, 0.6) is 0 Å². The van der Waals surface area contributed by atoms with Crippen molar-refractivity contribution >= 4 is 12.1 Å². The Hall–Kier alpha value is -2.23. The van der Waals surface area contributed by atoms with Crippen molar-refractivity contribution in [3.63, 3.8) is 0 Å². The lowest BCUT2D eigenvalue weighted by molar-refractivity contribution is 0.111. The fourth-order valence-corrected chi connectivity index (χ4v) is 1.25. The molecule has 0 aromatic carbocycles. The van der Waals surface area contributed by atoms with E-state index in [1.54, 1.807) is 36.4 Å². The van der Waals surface area contributed by atoms with Crippen LogP contribution in [0, 0.1) is 0 Å². The maximum Gasteiger partial charge on any atom is 0.168 e. The summed E-state index contributed by atoms with van der Waals surface area (Å²) in [6.07, 6.45) is 0.704. The average molecular weight is 199 g/mol. The quantitative estimate of drug-likeness (QED) is 0.745. The van der Waals surface area contributed by atoms with E-state index in [0.717, 1.165) is 0 Å². The van der Waals surface area contributed by atoms with Crippen molar-refractivity contribution < 1.29 is 4.79 Å². The molecule has 0 aliphatic carbocycles. The van der Waals surface area contributed by atoms with Crippen LogP contribution in [0.25, 0.3) is 11.4 Å². The zero-order valence-corrected chi connectivity index (χ0v) is 7.92. The maximum atomic E-state index is 10.5. The van der Waals surface area contributed by atoms with Crippen LogP contribution < -0.4 is 5.73 Å². The summed E-state index contributed by atoms with van der Waals surface area (Å²) >= 11 is 0. The molecule has 74 valence electrons. The Labute approximate surface area is 86.8 Å². The Morgan fingerprint density at radius 2 is 1.67 bits per heavy atom. The topological polar surface area (TPSA) is 68.9 Å². The number of aldehydes is 1. The van der Waals surface area contributed by atoms with Crippen LogP contribution in [0.3, 0.4) is 0 Å². The van der Waals surface area contributed by atoms with Crippen LogP contribution >= 0.6 is 0 Å². The molecule has 0 saturated heterocycles. The van der Waals surface area contributed by atoms with E-state index >= 15 is 0 Å². The summed E-state index contributed by atoms with van der Waals surface area (Å²) < 4.78 is 0. The van der Waals surface area contributed by atoms with Crippen molar-refractivity contribution in [1.29, 1.82) is 0 Å². The van der Waals surface area contributed by atoms with Crippen molar-refractivity contribution in [3.8, 4) is 11.4 Å². The van der Waals surface area contributed by atoms with Gasteiger partial charge >= 0.3 is 0 Å². The molecule has 0 atom stereocenters. The highest BCUT2D eigenvalue weighted by molar-refractivity contribution is 5.73. The van der Waals surface area contributed by atoms with Gasteiger partial charge in [0, 0.05) is 0 Å². The molecule has 2 N–H and O–H groups in total. The molecule has 0 radical (unpaired) electrons. The number of hydrogen-bond donors (Lipinski definition) is 1. The SMILES string of the molecule is Nc1cccc(-c2cccc(C=O)n2)n1. The van der Waals surface area contributed by atoms with Gasteiger partial charge in [0.25, 0.3) is 0 Å². The van der Waals surface area contributed by atoms with Gasteiger partial charge < -0.3 is 5.73 Å². The number of hydrogen-bond acceptors (Lipinski definition) is 4. The molecular weight excluding hydrogens is 190 g/mol. The molecule has 4 heteroatoms. The van der Waals surface area contributed by atoms with Gasteiger partial charge in [-0.2, -0.15) is 0 Å². The third kappa shape index (κ3) is 1.99. The number of anilines is 1. The first kappa shape index (κ1) is 9.33. The lowest BCUT2D eigenvalue weighted by Gasteiger charge is -2.01. The molecule has 0 fully saturated rings. The summed E-state index contributed by atoms with van der Waals surface area (Å²) in [6.45, 7) is 0. The Balaban J connectivity index is 2.49. The number of pyridine rings is 2. The first-order valence-corrected chi connectivity index (χ1v) is 4.45. The Bertz CT molecular complexity index is 497. The molecule has 0 unspecified atom stereocenters.